The molecule has 0 heterocycles. The van der Waals surface area contributed by atoms with E-state index in [1.165, 1.54) is 6.07 Å². The number of primary sulfonamides is 1. The molecule has 8 heteroatoms. The Balaban J connectivity index is 2.30. The lowest BCUT2D eigenvalue weighted by Gasteiger charge is -2.16. The third-order valence-electron chi connectivity index (χ3n) is 4.07. The van der Waals surface area contributed by atoms with Crippen molar-refractivity contribution in [1.29, 1.82) is 0 Å². The number of carbonyl (C=O) groups is 2. The van der Waals surface area contributed by atoms with Gasteiger partial charge in [0.25, 0.3) is 5.91 Å². The van der Waals surface area contributed by atoms with Gasteiger partial charge in [-0.05, 0) is 42.7 Å². The Hall–Kier alpha value is -2.71. The molecule has 26 heavy (non-hydrogen) atoms. The molecular formula is C18H20N2O5S. The zero-order valence-corrected chi connectivity index (χ0v) is 15.2. The van der Waals surface area contributed by atoms with E-state index in [2.05, 4.69) is 5.32 Å². The summed E-state index contributed by atoms with van der Waals surface area (Å²) in [5, 5.41) is 17.0. The number of nitrogens with two attached hydrogens (primary N) is 1. The molecule has 0 fully saturated rings. The molecule has 0 spiro atoms. The van der Waals surface area contributed by atoms with Crippen molar-refractivity contribution in [2.45, 2.75) is 31.2 Å². The number of rotatable bonds is 6. The van der Waals surface area contributed by atoms with E-state index in [1.807, 2.05) is 6.07 Å². The average Bonchev–Trinajstić information content (AvgIpc) is 2.56. The van der Waals surface area contributed by atoms with Crippen LogP contribution in [0.2, 0.25) is 0 Å². The molecule has 2 aromatic rings. The molecule has 0 radical (unpaired) electrons. The van der Waals surface area contributed by atoms with Gasteiger partial charge in [-0.2, -0.15) is 0 Å². The highest BCUT2D eigenvalue weighted by Crippen LogP contribution is 2.20. The minimum absolute atomic E-state index is 0.0384. The highest BCUT2D eigenvalue weighted by atomic mass is 32.2. The van der Waals surface area contributed by atoms with Gasteiger partial charge in [-0.3, -0.25) is 4.79 Å². The first kappa shape index (κ1) is 19.6. The number of carboxylic acids is 1. The van der Waals surface area contributed by atoms with Gasteiger partial charge in [-0.15, -0.1) is 0 Å². The van der Waals surface area contributed by atoms with Crippen LogP contribution in [0.1, 0.15) is 27.0 Å². The number of carbonyl (C=O) groups excluding carboxylic acids is 1. The maximum absolute atomic E-state index is 12.5. The zero-order valence-electron chi connectivity index (χ0n) is 14.4. The van der Waals surface area contributed by atoms with Crippen LogP contribution in [0.25, 0.3) is 0 Å². The predicted molar refractivity (Wildman–Crippen MR) is 96.3 cm³/mol. The van der Waals surface area contributed by atoms with Gasteiger partial charge in [-0.25, -0.2) is 18.4 Å². The summed E-state index contributed by atoms with van der Waals surface area (Å²) >= 11 is 0. The number of aliphatic carboxylic acids is 1. The molecule has 1 amide bonds. The first-order valence-electron chi connectivity index (χ1n) is 7.81. The summed E-state index contributed by atoms with van der Waals surface area (Å²) in [7, 11) is -4.00. The summed E-state index contributed by atoms with van der Waals surface area (Å²) < 4.78 is 23.4. The monoisotopic (exact) mass is 376 g/mol. The summed E-state index contributed by atoms with van der Waals surface area (Å²) in [4.78, 5) is 23.8. The number of carboxylic acid groups (broad SMARTS) is 1. The van der Waals surface area contributed by atoms with E-state index in [4.69, 9.17) is 5.14 Å². The molecule has 2 aromatic carbocycles. The minimum atomic E-state index is -4.00. The Morgan fingerprint density at radius 1 is 1.15 bits per heavy atom. The second kappa shape index (κ2) is 7.67. The lowest BCUT2D eigenvalue weighted by Crippen LogP contribution is -2.42. The molecule has 0 aromatic heterocycles. The van der Waals surface area contributed by atoms with Gasteiger partial charge >= 0.3 is 5.97 Å². The normalized spacial score (nSPS) is 12.4. The van der Waals surface area contributed by atoms with E-state index in [-0.39, 0.29) is 16.9 Å². The van der Waals surface area contributed by atoms with Gasteiger partial charge < -0.3 is 10.4 Å². The fraction of sp³-hybridized carbons (Fsp3) is 0.222. The van der Waals surface area contributed by atoms with Crippen LogP contribution in [-0.2, 0) is 21.2 Å². The van der Waals surface area contributed by atoms with Crippen LogP contribution in [0.3, 0.4) is 0 Å². The van der Waals surface area contributed by atoms with Crippen LogP contribution >= 0.6 is 0 Å². The first-order chi connectivity index (χ1) is 12.1. The SMILES string of the molecule is Cc1cc(C(=O)N[C@@H](Cc2ccccc2)C(=O)O)cc(S(N)(=O)=O)c1C. The van der Waals surface area contributed by atoms with Crippen LogP contribution in [0.15, 0.2) is 47.4 Å². The Labute approximate surface area is 151 Å². The largest absolute Gasteiger partial charge is 0.480 e. The first-order valence-corrected chi connectivity index (χ1v) is 9.36. The highest BCUT2D eigenvalue weighted by Gasteiger charge is 2.23. The molecule has 4 N–H and O–H groups in total. The van der Waals surface area contributed by atoms with Gasteiger partial charge in [-0.1, -0.05) is 30.3 Å². The Morgan fingerprint density at radius 3 is 2.31 bits per heavy atom. The van der Waals surface area contributed by atoms with E-state index in [0.29, 0.717) is 11.1 Å². The van der Waals surface area contributed by atoms with Crippen molar-refractivity contribution in [1.82, 2.24) is 5.32 Å². The van der Waals surface area contributed by atoms with Crippen LogP contribution in [0.4, 0.5) is 0 Å². The molecule has 0 unspecified atom stereocenters. The van der Waals surface area contributed by atoms with E-state index in [0.717, 1.165) is 11.6 Å². The summed E-state index contributed by atoms with van der Waals surface area (Å²) in [6, 6.07) is 10.4. The van der Waals surface area contributed by atoms with Crippen molar-refractivity contribution >= 4 is 21.9 Å². The van der Waals surface area contributed by atoms with Crippen molar-refractivity contribution in [2.24, 2.45) is 5.14 Å². The molecule has 0 aliphatic rings. The molecule has 2 rings (SSSR count). The third-order valence-corrected chi connectivity index (χ3v) is 5.11. The van der Waals surface area contributed by atoms with E-state index >= 15 is 0 Å². The average molecular weight is 376 g/mol. The summed E-state index contributed by atoms with van der Waals surface area (Å²) in [6.07, 6.45) is 0.106. The number of sulfonamides is 1. The van der Waals surface area contributed by atoms with Crippen LogP contribution in [-0.4, -0.2) is 31.4 Å². The second-order valence-corrected chi connectivity index (χ2v) is 7.55. The molecular weight excluding hydrogens is 356 g/mol. The van der Waals surface area contributed by atoms with Crippen molar-refractivity contribution in [2.75, 3.05) is 0 Å². The third kappa shape index (κ3) is 4.68. The van der Waals surface area contributed by atoms with Gasteiger partial charge in [0.1, 0.15) is 6.04 Å². The van der Waals surface area contributed by atoms with Crippen molar-refractivity contribution < 1.29 is 23.1 Å². The molecule has 0 aliphatic heterocycles. The maximum atomic E-state index is 12.5. The molecule has 0 aliphatic carbocycles. The topological polar surface area (TPSA) is 127 Å². The van der Waals surface area contributed by atoms with Gasteiger partial charge in [0.15, 0.2) is 0 Å². The molecule has 0 saturated carbocycles. The Bertz CT molecular complexity index is 940. The molecule has 0 saturated heterocycles. The summed E-state index contributed by atoms with van der Waals surface area (Å²) in [5.74, 6) is -1.86. The number of amides is 1. The minimum Gasteiger partial charge on any atom is -0.480 e. The van der Waals surface area contributed by atoms with E-state index in [9.17, 15) is 23.1 Å². The number of aryl methyl sites for hydroxylation is 1. The fourth-order valence-corrected chi connectivity index (χ4v) is 3.42. The second-order valence-electron chi connectivity index (χ2n) is 6.02. The standard InChI is InChI=1S/C18H20N2O5S/c1-11-8-14(10-16(12(11)2)26(19,24)25)17(21)20-15(18(22)23)9-13-6-4-3-5-7-13/h3-8,10,15H,9H2,1-2H3,(H,20,21)(H,22,23)(H2,19,24,25)/t15-/m0/s1. The Kier molecular flexibility index (Phi) is 5.79. The molecule has 7 nitrogen and oxygen atoms in total. The summed E-state index contributed by atoms with van der Waals surface area (Å²) in [6.45, 7) is 3.24. The highest BCUT2D eigenvalue weighted by molar-refractivity contribution is 7.89. The molecule has 0 bridgehead atoms. The Morgan fingerprint density at radius 2 is 1.77 bits per heavy atom. The lowest BCUT2D eigenvalue weighted by atomic mass is 10.0. The number of hydrogen-bond acceptors (Lipinski definition) is 4. The van der Waals surface area contributed by atoms with E-state index in [1.54, 1.807) is 38.1 Å². The molecule has 138 valence electrons. The predicted octanol–water partition coefficient (Wildman–Crippen LogP) is 1.38. The van der Waals surface area contributed by atoms with Crippen molar-refractivity contribution in [3.05, 3.63) is 64.7 Å². The van der Waals surface area contributed by atoms with Crippen molar-refractivity contribution in [3.63, 3.8) is 0 Å². The number of hydrogen-bond donors (Lipinski definition) is 3. The number of nitrogens with one attached hydrogen (secondary N) is 1. The van der Waals surface area contributed by atoms with Crippen LogP contribution in [0, 0.1) is 13.8 Å². The summed E-state index contributed by atoms with van der Waals surface area (Å²) in [5.41, 5.74) is 1.81. The van der Waals surface area contributed by atoms with Gasteiger partial charge in [0.05, 0.1) is 4.90 Å². The molecule has 1 atom stereocenters. The maximum Gasteiger partial charge on any atom is 0.326 e. The smallest absolute Gasteiger partial charge is 0.326 e. The van der Waals surface area contributed by atoms with Crippen LogP contribution < -0.4 is 10.5 Å². The van der Waals surface area contributed by atoms with E-state index < -0.39 is 27.9 Å². The van der Waals surface area contributed by atoms with Gasteiger partial charge in [0.2, 0.25) is 10.0 Å². The number of benzene rings is 2. The lowest BCUT2D eigenvalue weighted by molar-refractivity contribution is -0.139. The van der Waals surface area contributed by atoms with Crippen LogP contribution in [0.5, 0.6) is 0 Å². The quantitative estimate of drug-likeness (QED) is 0.702. The van der Waals surface area contributed by atoms with Crippen molar-refractivity contribution in [3.8, 4) is 0 Å². The zero-order chi connectivity index (χ0) is 19.5. The fourth-order valence-electron chi connectivity index (χ4n) is 2.55. The van der Waals surface area contributed by atoms with Gasteiger partial charge in [0, 0.05) is 12.0 Å².